The molecule has 0 spiro atoms. The predicted molar refractivity (Wildman–Crippen MR) is 84.1 cm³/mol. The third kappa shape index (κ3) is 3.51. The Bertz CT molecular complexity index is 652. The first-order valence-electron chi connectivity index (χ1n) is 6.65. The SMILES string of the molecule is CC(C)C(O)c1ccn(Cc2cccc([N+](=O)[O-])c2Br)c1. The summed E-state index contributed by atoms with van der Waals surface area (Å²) in [5, 5.41) is 21.0. The van der Waals surface area contributed by atoms with Crippen LogP contribution in [0.4, 0.5) is 5.69 Å². The number of benzene rings is 1. The van der Waals surface area contributed by atoms with Gasteiger partial charge in [0.1, 0.15) is 4.47 Å². The Kier molecular flexibility index (Phi) is 4.80. The van der Waals surface area contributed by atoms with E-state index in [1.807, 2.05) is 42.9 Å². The van der Waals surface area contributed by atoms with Crippen LogP contribution in [-0.2, 0) is 6.54 Å². The van der Waals surface area contributed by atoms with E-state index in [0.717, 1.165) is 11.1 Å². The molecule has 2 rings (SSSR count). The van der Waals surface area contributed by atoms with Gasteiger partial charge in [0, 0.05) is 25.0 Å². The standard InChI is InChI=1S/C15H17BrN2O3/c1-10(2)15(19)12-6-7-17(9-12)8-11-4-3-5-13(14(11)16)18(20)21/h3-7,9-10,15,19H,8H2,1-2H3. The molecule has 21 heavy (non-hydrogen) atoms. The van der Waals surface area contributed by atoms with Crippen LogP contribution in [0.25, 0.3) is 0 Å². The number of hydrogen-bond acceptors (Lipinski definition) is 3. The van der Waals surface area contributed by atoms with Gasteiger partial charge < -0.3 is 9.67 Å². The molecule has 1 aromatic carbocycles. The molecule has 0 bridgehead atoms. The van der Waals surface area contributed by atoms with Gasteiger partial charge in [-0.3, -0.25) is 10.1 Å². The second-order valence-corrected chi connectivity index (χ2v) is 6.11. The third-order valence-electron chi connectivity index (χ3n) is 3.35. The minimum Gasteiger partial charge on any atom is -0.388 e. The molecule has 0 aliphatic heterocycles. The highest BCUT2D eigenvalue weighted by atomic mass is 79.9. The molecule has 2 aromatic rings. The van der Waals surface area contributed by atoms with Crippen molar-refractivity contribution in [3.63, 3.8) is 0 Å². The first-order chi connectivity index (χ1) is 9.90. The van der Waals surface area contributed by atoms with Gasteiger partial charge in [-0.1, -0.05) is 26.0 Å². The topological polar surface area (TPSA) is 68.3 Å². The molecule has 1 unspecified atom stereocenters. The molecule has 1 N–H and O–H groups in total. The number of halogens is 1. The molecule has 1 aromatic heterocycles. The maximum absolute atomic E-state index is 10.9. The zero-order valence-electron chi connectivity index (χ0n) is 11.9. The van der Waals surface area contributed by atoms with Crippen LogP contribution in [0, 0.1) is 16.0 Å². The Morgan fingerprint density at radius 2 is 2.10 bits per heavy atom. The number of rotatable bonds is 5. The van der Waals surface area contributed by atoms with E-state index in [2.05, 4.69) is 15.9 Å². The maximum Gasteiger partial charge on any atom is 0.283 e. The van der Waals surface area contributed by atoms with Crippen LogP contribution in [0.1, 0.15) is 31.1 Å². The van der Waals surface area contributed by atoms with Gasteiger partial charge in [0.05, 0.1) is 11.0 Å². The summed E-state index contributed by atoms with van der Waals surface area (Å²) in [5.74, 6) is 0.144. The molecule has 0 fully saturated rings. The Morgan fingerprint density at radius 1 is 1.38 bits per heavy atom. The maximum atomic E-state index is 10.9. The molecule has 0 radical (unpaired) electrons. The Hall–Kier alpha value is -1.66. The number of aliphatic hydroxyl groups excluding tert-OH is 1. The molecular formula is C15H17BrN2O3. The van der Waals surface area contributed by atoms with Crippen molar-refractivity contribution in [3.05, 3.63) is 62.4 Å². The van der Waals surface area contributed by atoms with Gasteiger partial charge in [-0.25, -0.2) is 0 Å². The highest BCUT2D eigenvalue weighted by Gasteiger charge is 2.16. The smallest absolute Gasteiger partial charge is 0.283 e. The van der Waals surface area contributed by atoms with Crippen molar-refractivity contribution in [2.75, 3.05) is 0 Å². The Balaban J connectivity index is 2.23. The fraction of sp³-hybridized carbons (Fsp3) is 0.333. The van der Waals surface area contributed by atoms with Gasteiger partial charge in [-0.2, -0.15) is 0 Å². The third-order valence-corrected chi connectivity index (χ3v) is 4.27. The van der Waals surface area contributed by atoms with Crippen molar-refractivity contribution in [1.29, 1.82) is 0 Å². The Morgan fingerprint density at radius 3 is 2.71 bits per heavy atom. The van der Waals surface area contributed by atoms with Crippen LogP contribution in [0.3, 0.4) is 0 Å². The molecule has 5 nitrogen and oxygen atoms in total. The molecule has 0 amide bonds. The average Bonchev–Trinajstić information content (AvgIpc) is 2.88. The van der Waals surface area contributed by atoms with E-state index in [1.54, 1.807) is 6.07 Å². The Labute approximate surface area is 131 Å². The molecule has 0 saturated heterocycles. The second kappa shape index (κ2) is 6.41. The molecule has 112 valence electrons. The quantitative estimate of drug-likeness (QED) is 0.655. The van der Waals surface area contributed by atoms with Crippen LogP contribution in [-0.4, -0.2) is 14.6 Å². The normalized spacial score (nSPS) is 12.6. The summed E-state index contributed by atoms with van der Waals surface area (Å²) >= 11 is 3.29. The van der Waals surface area contributed by atoms with Crippen molar-refractivity contribution in [1.82, 2.24) is 4.57 Å². The van der Waals surface area contributed by atoms with Crippen LogP contribution >= 0.6 is 15.9 Å². The first kappa shape index (κ1) is 15.7. The van der Waals surface area contributed by atoms with Gasteiger partial charge in [-0.15, -0.1) is 0 Å². The first-order valence-corrected chi connectivity index (χ1v) is 7.45. The monoisotopic (exact) mass is 352 g/mol. The summed E-state index contributed by atoms with van der Waals surface area (Å²) in [4.78, 5) is 10.5. The van der Waals surface area contributed by atoms with Gasteiger partial charge in [0.2, 0.25) is 0 Å². The zero-order chi connectivity index (χ0) is 15.6. The lowest BCUT2D eigenvalue weighted by molar-refractivity contribution is -0.385. The van der Waals surface area contributed by atoms with E-state index in [-0.39, 0.29) is 11.6 Å². The largest absolute Gasteiger partial charge is 0.388 e. The van der Waals surface area contributed by atoms with Crippen LogP contribution in [0.2, 0.25) is 0 Å². The second-order valence-electron chi connectivity index (χ2n) is 5.31. The minimum absolute atomic E-state index is 0.0575. The van der Waals surface area contributed by atoms with Gasteiger partial charge in [-0.05, 0) is 39.0 Å². The fourth-order valence-electron chi connectivity index (χ4n) is 2.14. The molecule has 0 saturated carbocycles. The summed E-state index contributed by atoms with van der Waals surface area (Å²) in [5.41, 5.74) is 1.74. The molecular weight excluding hydrogens is 336 g/mol. The molecule has 6 heteroatoms. The lowest BCUT2D eigenvalue weighted by Crippen LogP contribution is -2.04. The van der Waals surface area contributed by atoms with E-state index in [9.17, 15) is 15.2 Å². The number of aromatic nitrogens is 1. The van der Waals surface area contributed by atoms with Crippen molar-refractivity contribution >= 4 is 21.6 Å². The molecule has 1 atom stereocenters. The fourth-order valence-corrected chi connectivity index (χ4v) is 2.68. The van der Waals surface area contributed by atoms with E-state index in [4.69, 9.17) is 0 Å². The van der Waals surface area contributed by atoms with Crippen LogP contribution in [0.15, 0.2) is 41.1 Å². The lowest BCUT2D eigenvalue weighted by Gasteiger charge is -2.12. The number of nitro benzene ring substituents is 1. The van der Waals surface area contributed by atoms with E-state index in [0.29, 0.717) is 11.0 Å². The van der Waals surface area contributed by atoms with Crippen molar-refractivity contribution in [3.8, 4) is 0 Å². The van der Waals surface area contributed by atoms with Crippen molar-refractivity contribution < 1.29 is 10.0 Å². The van der Waals surface area contributed by atoms with E-state index in [1.165, 1.54) is 6.07 Å². The van der Waals surface area contributed by atoms with E-state index >= 15 is 0 Å². The zero-order valence-corrected chi connectivity index (χ0v) is 13.4. The lowest BCUT2D eigenvalue weighted by atomic mass is 10.0. The van der Waals surface area contributed by atoms with Crippen LogP contribution < -0.4 is 0 Å². The summed E-state index contributed by atoms with van der Waals surface area (Å²) in [6, 6.07) is 6.86. The highest BCUT2D eigenvalue weighted by Crippen LogP contribution is 2.29. The number of nitrogens with zero attached hydrogens (tertiary/aromatic N) is 2. The van der Waals surface area contributed by atoms with Crippen molar-refractivity contribution in [2.45, 2.75) is 26.5 Å². The van der Waals surface area contributed by atoms with Crippen LogP contribution in [0.5, 0.6) is 0 Å². The molecule has 0 aliphatic carbocycles. The summed E-state index contributed by atoms with van der Waals surface area (Å²) < 4.78 is 2.40. The van der Waals surface area contributed by atoms with Gasteiger partial charge in [0.25, 0.3) is 5.69 Å². The number of nitro groups is 1. The average molecular weight is 353 g/mol. The van der Waals surface area contributed by atoms with E-state index < -0.39 is 11.0 Å². The van der Waals surface area contributed by atoms with Gasteiger partial charge >= 0.3 is 0 Å². The summed E-state index contributed by atoms with van der Waals surface area (Å²) in [6.07, 6.45) is 3.24. The molecule has 1 heterocycles. The highest BCUT2D eigenvalue weighted by molar-refractivity contribution is 9.10. The molecule has 0 aliphatic rings. The predicted octanol–water partition coefficient (Wildman–Crippen LogP) is 3.90. The van der Waals surface area contributed by atoms with Gasteiger partial charge in [0.15, 0.2) is 0 Å². The van der Waals surface area contributed by atoms with Crippen molar-refractivity contribution in [2.24, 2.45) is 5.92 Å². The number of aliphatic hydroxyl groups is 1. The minimum atomic E-state index is -0.500. The summed E-state index contributed by atoms with van der Waals surface area (Å²) in [6.45, 7) is 4.42. The number of hydrogen-bond donors (Lipinski definition) is 1. The summed E-state index contributed by atoms with van der Waals surface area (Å²) in [7, 11) is 0.